The molecule has 0 heterocycles. The van der Waals surface area contributed by atoms with Crippen LogP contribution in [0, 0.1) is 12.7 Å². The Morgan fingerprint density at radius 1 is 1.14 bits per heavy atom. The minimum Gasteiger partial charge on any atom is -0.508 e. The lowest BCUT2D eigenvalue weighted by Gasteiger charge is -2.16. The molecule has 0 fully saturated rings. The second kappa shape index (κ2) is 6.79. The van der Waals surface area contributed by atoms with Gasteiger partial charge < -0.3 is 15.7 Å². The number of benzene rings is 2. The number of hydrogen-bond donors (Lipinski definition) is 2. The van der Waals surface area contributed by atoms with Crippen LogP contribution in [0.25, 0.3) is 11.1 Å². The largest absolute Gasteiger partial charge is 0.508 e. The number of phenolic OH excluding ortho intramolecular Hbond substituents is 1. The molecule has 0 bridgehead atoms. The molecule has 4 heteroatoms. The Morgan fingerprint density at radius 3 is 2.55 bits per heavy atom. The van der Waals surface area contributed by atoms with Crippen LogP contribution < -0.4 is 5.73 Å². The topological polar surface area (TPSA) is 49.5 Å². The van der Waals surface area contributed by atoms with Crippen molar-refractivity contribution in [1.82, 2.24) is 4.90 Å². The van der Waals surface area contributed by atoms with E-state index < -0.39 is 0 Å². The molecule has 0 spiro atoms. The minimum atomic E-state index is -0.314. The molecule has 2 aromatic carbocycles. The van der Waals surface area contributed by atoms with Crippen molar-refractivity contribution in [3.63, 3.8) is 0 Å². The van der Waals surface area contributed by atoms with Gasteiger partial charge in [-0.15, -0.1) is 0 Å². The van der Waals surface area contributed by atoms with Gasteiger partial charge in [-0.1, -0.05) is 6.07 Å². The number of hydrogen-bond acceptors (Lipinski definition) is 3. The van der Waals surface area contributed by atoms with Crippen molar-refractivity contribution in [2.75, 3.05) is 26.4 Å². The summed E-state index contributed by atoms with van der Waals surface area (Å²) in [6, 6.07) is 7.83. The van der Waals surface area contributed by atoms with Crippen molar-refractivity contribution in [1.29, 1.82) is 0 Å². The summed E-state index contributed by atoms with van der Waals surface area (Å²) >= 11 is 0. The number of phenols is 1. The van der Waals surface area contributed by atoms with Crippen LogP contribution in [0.1, 0.15) is 17.5 Å². The summed E-state index contributed by atoms with van der Waals surface area (Å²) in [5.74, 6) is -0.0270. The molecular formula is C18H23FN2O. The fourth-order valence-corrected chi connectivity index (χ4v) is 2.68. The van der Waals surface area contributed by atoms with Crippen molar-refractivity contribution >= 4 is 5.69 Å². The van der Waals surface area contributed by atoms with Gasteiger partial charge in [0.15, 0.2) is 0 Å². The van der Waals surface area contributed by atoms with E-state index in [0.717, 1.165) is 36.1 Å². The third-order valence-electron chi connectivity index (χ3n) is 3.91. The van der Waals surface area contributed by atoms with E-state index in [1.807, 2.05) is 21.0 Å². The molecule has 3 N–H and O–H groups in total. The Kier molecular flexibility index (Phi) is 5.03. The lowest BCUT2D eigenvalue weighted by atomic mass is 9.92. The number of aromatic hydroxyl groups is 1. The predicted octanol–water partition coefficient (Wildman–Crippen LogP) is 3.58. The van der Waals surface area contributed by atoms with Gasteiger partial charge in [0, 0.05) is 11.3 Å². The summed E-state index contributed by atoms with van der Waals surface area (Å²) in [5.41, 5.74) is 9.92. The maximum absolute atomic E-state index is 13.5. The van der Waals surface area contributed by atoms with Gasteiger partial charge in [0.2, 0.25) is 0 Å². The normalized spacial score (nSPS) is 11.1. The van der Waals surface area contributed by atoms with Crippen LogP contribution >= 0.6 is 0 Å². The molecule has 0 saturated carbocycles. The molecule has 118 valence electrons. The number of rotatable bonds is 5. The average molecular weight is 302 g/mol. The molecule has 0 aromatic heterocycles. The highest BCUT2D eigenvalue weighted by atomic mass is 19.1. The van der Waals surface area contributed by atoms with Crippen molar-refractivity contribution < 1.29 is 9.50 Å². The smallest absolute Gasteiger partial charge is 0.123 e. The van der Waals surface area contributed by atoms with Gasteiger partial charge in [-0.05, 0) is 81.4 Å². The van der Waals surface area contributed by atoms with E-state index in [2.05, 4.69) is 4.90 Å². The number of nitrogens with zero attached hydrogens (tertiary/aromatic N) is 1. The van der Waals surface area contributed by atoms with E-state index in [0.29, 0.717) is 11.3 Å². The first-order chi connectivity index (χ1) is 10.4. The summed E-state index contributed by atoms with van der Waals surface area (Å²) in [7, 11) is 4.05. The number of halogens is 1. The maximum atomic E-state index is 13.5. The highest BCUT2D eigenvalue weighted by Gasteiger charge is 2.13. The molecule has 0 atom stereocenters. The molecule has 0 aliphatic rings. The van der Waals surface area contributed by atoms with Gasteiger partial charge in [-0.2, -0.15) is 0 Å². The first kappa shape index (κ1) is 16.3. The van der Waals surface area contributed by atoms with Crippen molar-refractivity contribution in [3.05, 3.63) is 47.3 Å². The Morgan fingerprint density at radius 2 is 1.86 bits per heavy atom. The van der Waals surface area contributed by atoms with Gasteiger partial charge in [0.1, 0.15) is 11.6 Å². The van der Waals surface area contributed by atoms with Crippen molar-refractivity contribution in [2.24, 2.45) is 0 Å². The Labute approximate surface area is 131 Å². The number of nitrogen functional groups attached to an aromatic ring is 1. The zero-order chi connectivity index (χ0) is 16.3. The Hall–Kier alpha value is -2.07. The summed E-state index contributed by atoms with van der Waals surface area (Å²) in [6.07, 6.45) is 1.72. The Bertz CT molecular complexity index is 668. The second-order valence-corrected chi connectivity index (χ2v) is 5.87. The van der Waals surface area contributed by atoms with Crippen LogP contribution in [-0.4, -0.2) is 30.6 Å². The molecule has 0 saturated heterocycles. The molecule has 3 nitrogen and oxygen atoms in total. The molecule has 2 aromatic rings. The van der Waals surface area contributed by atoms with E-state index in [1.54, 1.807) is 18.2 Å². The number of nitrogens with two attached hydrogens (primary N) is 1. The summed E-state index contributed by atoms with van der Waals surface area (Å²) in [6.45, 7) is 2.90. The van der Waals surface area contributed by atoms with Crippen molar-refractivity contribution in [3.8, 4) is 16.9 Å². The summed E-state index contributed by atoms with van der Waals surface area (Å²) in [5, 5.41) is 10.1. The van der Waals surface area contributed by atoms with Crippen LogP contribution in [0.2, 0.25) is 0 Å². The fourth-order valence-electron chi connectivity index (χ4n) is 2.68. The molecule has 0 aliphatic heterocycles. The SMILES string of the molecule is Cc1c(-c2cc(F)ccc2N)ccc(O)c1CCCN(C)C. The third kappa shape index (κ3) is 3.57. The minimum absolute atomic E-state index is 0.287. The highest BCUT2D eigenvalue weighted by Crippen LogP contribution is 2.35. The predicted molar refractivity (Wildman–Crippen MR) is 89.5 cm³/mol. The Balaban J connectivity index is 2.39. The average Bonchev–Trinajstić information content (AvgIpc) is 2.45. The summed E-state index contributed by atoms with van der Waals surface area (Å²) in [4.78, 5) is 2.11. The van der Waals surface area contributed by atoms with Crippen LogP contribution in [0.15, 0.2) is 30.3 Å². The van der Waals surface area contributed by atoms with Crippen LogP contribution in [-0.2, 0) is 6.42 Å². The quantitative estimate of drug-likeness (QED) is 0.830. The standard InChI is InChI=1S/C18H23FN2O/c1-12-14(16-11-13(19)6-8-17(16)20)7-9-18(22)15(12)5-4-10-21(2)3/h6-9,11,22H,4-5,10,20H2,1-3H3. The van der Waals surface area contributed by atoms with E-state index >= 15 is 0 Å². The van der Waals surface area contributed by atoms with Crippen molar-refractivity contribution in [2.45, 2.75) is 19.8 Å². The van der Waals surface area contributed by atoms with Gasteiger partial charge >= 0.3 is 0 Å². The first-order valence-electron chi connectivity index (χ1n) is 7.41. The van der Waals surface area contributed by atoms with Gasteiger partial charge in [-0.25, -0.2) is 4.39 Å². The van der Waals surface area contributed by atoms with Gasteiger partial charge in [0.05, 0.1) is 0 Å². The third-order valence-corrected chi connectivity index (χ3v) is 3.91. The lowest BCUT2D eigenvalue weighted by Crippen LogP contribution is -2.13. The van der Waals surface area contributed by atoms with E-state index in [-0.39, 0.29) is 11.6 Å². The van der Waals surface area contributed by atoms with Crippen LogP contribution in [0.4, 0.5) is 10.1 Å². The molecule has 0 amide bonds. The van der Waals surface area contributed by atoms with E-state index in [4.69, 9.17) is 5.73 Å². The molecule has 0 unspecified atom stereocenters. The molecule has 22 heavy (non-hydrogen) atoms. The first-order valence-corrected chi connectivity index (χ1v) is 7.41. The van der Waals surface area contributed by atoms with Gasteiger partial charge in [-0.3, -0.25) is 0 Å². The zero-order valence-corrected chi connectivity index (χ0v) is 13.4. The molecule has 0 radical (unpaired) electrons. The molecule has 0 aliphatic carbocycles. The molecular weight excluding hydrogens is 279 g/mol. The second-order valence-electron chi connectivity index (χ2n) is 5.87. The maximum Gasteiger partial charge on any atom is 0.123 e. The van der Waals surface area contributed by atoms with E-state index in [1.165, 1.54) is 12.1 Å². The number of anilines is 1. The van der Waals surface area contributed by atoms with Crippen LogP contribution in [0.5, 0.6) is 5.75 Å². The fraction of sp³-hybridized carbons (Fsp3) is 0.333. The van der Waals surface area contributed by atoms with Crippen LogP contribution in [0.3, 0.4) is 0 Å². The van der Waals surface area contributed by atoms with E-state index in [9.17, 15) is 9.50 Å². The lowest BCUT2D eigenvalue weighted by molar-refractivity contribution is 0.397. The van der Waals surface area contributed by atoms with Gasteiger partial charge in [0.25, 0.3) is 0 Å². The highest BCUT2D eigenvalue weighted by molar-refractivity contribution is 5.79. The summed E-state index contributed by atoms with van der Waals surface area (Å²) < 4.78 is 13.5. The zero-order valence-electron chi connectivity index (χ0n) is 13.4. The molecule has 2 rings (SSSR count). The monoisotopic (exact) mass is 302 g/mol.